The minimum atomic E-state index is -0.175. The highest BCUT2D eigenvalue weighted by Crippen LogP contribution is 2.32. The number of benzene rings is 1. The molecule has 1 aromatic carbocycles. The topological polar surface area (TPSA) is 56.8 Å². The molecule has 1 aromatic rings. The van der Waals surface area contributed by atoms with Crippen molar-refractivity contribution in [1.82, 2.24) is 5.32 Å². The Kier molecular flexibility index (Phi) is 5.68. The van der Waals surface area contributed by atoms with Gasteiger partial charge >= 0.3 is 5.97 Å². The van der Waals surface area contributed by atoms with Gasteiger partial charge in [0.15, 0.2) is 11.5 Å². The van der Waals surface area contributed by atoms with Gasteiger partial charge in [-0.25, -0.2) is 0 Å². The Hall–Kier alpha value is -1.75. The van der Waals surface area contributed by atoms with Gasteiger partial charge < -0.3 is 19.5 Å². The molecule has 0 spiro atoms. The van der Waals surface area contributed by atoms with Crippen molar-refractivity contribution in [2.24, 2.45) is 0 Å². The van der Waals surface area contributed by atoms with Crippen molar-refractivity contribution >= 4 is 5.97 Å². The molecule has 1 N–H and O–H groups in total. The lowest BCUT2D eigenvalue weighted by Crippen LogP contribution is -2.19. The third kappa shape index (κ3) is 4.13. The first kappa shape index (κ1) is 14.7. The van der Waals surface area contributed by atoms with Gasteiger partial charge in [0.2, 0.25) is 0 Å². The van der Waals surface area contributed by atoms with Crippen molar-refractivity contribution in [3.63, 3.8) is 0 Å². The minimum Gasteiger partial charge on any atom is -0.490 e. The van der Waals surface area contributed by atoms with Gasteiger partial charge in [0.1, 0.15) is 0 Å². The number of fused-ring (bicyclic) bond motifs is 1. The number of rotatable bonds is 6. The monoisotopic (exact) mass is 279 g/mol. The van der Waals surface area contributed by atoms with E-state index in [-0.39, 0.29) is 5.97 Å². The summed E-state index contributed by atoms with van der Waals surface area (Å²) in [6, 6.07) is 5.88. The Balaban J connectivity index is 1.85. The van der Waals surface area contributed by atoms with Gasteiger partial charge in [-0.15, -0.1) is 0 Å². The fourth-order valence-corrected chi connectivity index (χ4v) is 2.04. The number of carbonyl (C=O) groups is 1. The second kappa shape index (κ2) is 7.75. The standard InChI is InChI=1S/C15H21NO4/c1-2-18-14(17)7-8-16-11-12-5-3-6-13-15(12)20-10-4-9-19-13/h3,5-6,16H,2,4,7-11H2,1H3. The zero-order valence-corrected chi connectivity index (χ0v) is 11.8. The lowest BCUT2D eigenvalue weighted by atomic mass is 10.2. The van der Waals surface area contributed by atoms with E-state index in [2.05, 4.69) is 5.32 Å². The molecule has 0 fully saturated rings. The van der Waals surface area contributed by atoms with E-state index in [0.717, 1.165) is 23.5 Å². The maximum absolute atomic E-state index is 11.2. The average Bonchev–Trinajstić information content (AvgIpc) is 2.69. The second-order valence-electron chi connectivity index (χ2n) is 4.53. The van der Waals surface area contributed by atoms with Gasteiger partial charge in [-0.05, 0) is 13.0 Å². The highest BCUT2D eigenvalue weighted by molar-refractivity contribution is 5.69. The van der Waals surface area contributed by atoms with Crippen LogP contribution in [0.25, 0.3) is 0 Å². The molecule has 0 radical (unpaired) electrons. The van der Waals surface area contributed by atoms with Crippen molar-refractivity contribution in [2.45, 2.75) is 26.3 Å². The van der Waals surface area contributed by atoms with Crippen LogP contribution in [-0.2, 0) is 16.1 Å². The van der Waals surface area contributed by atoms with Crippen molar-refractivity contribution < 1.29 is 19.0 Å². The molecule has 0 bridgehead atoms. The van der Waals surface area contributed by atoms with Gasteiger partial charge in [-0.3, -0.25) is 4.79 Å². The summed E-state index contributed by atoms with van der Waals surface area (Å²) < 4.78 is 16.3. The number of carbonyl (C=O) groups excluding carboxylic acids is 1. The van der Waals surface area contributed by atoms with Crippen LogP contribution in [0.1, 0.15) is 25.3 Å². The zero-order valence-electron chi connectivity index (χ0n) is 11.8. The molecule has 0 atom stereocenters. The number of esters is 1. The van der Waals surface area contributed by atoms with Crippen LogP contribution >= 0.6 is 0 Å². The Bertz CT molecular complexity index is 447. The molecule has 1 aliphatic rings. The highest BCUT2D eigenvalue weighted by atomic mass is 16.5. The number of para-hydroxylation sites is 1. The summed E-state index contributed by atoms with van der Waals surface area (Å²) in [4.78, 5) is 11.2. The van der Waals surface area contributed by atoms with E-state index < -0.39 is 0 Å². The van der Waals surface area contributed by atoms with Crippen molar-refractivity contribution in [3.8, 4) is 11.5 Å². The molecule has 1 aliphatic heterocycles. The molecule has 5 nitrogen and oxygen atoms in total. The predicted molar refractivity (Wildman–Crippen MR) is 75.0 cm³/mol. The zero-order chi connectivity index (χ0) is 14.2. The van der Waals surface area contributed by atoms with Crippen molar-refractivity contribution in [3.05, 3.63) is 23.8 Å². The molecule has 0 unspecified atom stereocenters. The lowest BCUT2D eigenvalue weighted by molar-refractivity contribution is -0.142. The molecular weight excluding hydrogens is 258 g/mol. The van der Waals surface area contributed by atoms with Gasteiger partial charge in [-0.1, -0.05) is 12.1 Å². The first-order valence-corrected chi connectivity index (χ1v) is 7.05. The molecular formula is C15H21NO4. The van der Waals surface area contributed by atoms with Gasteiger partial charge in [0.25, 0.3) is 0 Å². The fraction of sp³-hybridized carbons (Fsp3) is 0.533. The maximum atomic E-state index is 11.2. The van der Waals surface area contributed by atoms with E-state index in [9.17, 15) is 4.79 Å². The summed E-state index contributed by atoms with van der Waals surface area (Å²) in [6.45, 7) is 4.83. The summed E-state index contributed by atoms with van der Waals surface area (Å²) in [7, 11) is 0. The number of hydrogen-bond acceptors (Lipinski definition) is 5. The Morgan fingerprint density at radius 1 is 1.35 bits per heavy atom. The van der Waals surface area contributed by atoms with Gasteiger partial charge in [0, 0.05) is 25.1 Å². The Labute approximate surface area is 119 Å². The van der Waals surface area contributed by atoms with Crippen molar-refractivity contribution in [1.29, 1.82) is 0 Å². The summed E-state index contributed by atoms with van der Waals surface area (Å²) >= 11 is 0. The van der Waals surface area contributed by atoms with E-state index in [1.165, 1.54) is 0 Å². The molecule has 0 aromatic heterocycles. The highest BCUT2D eigenvalue weighted by Gasteiger charge is 2.14. The largest absolute Gasteiger partial charge is 0.490 e. The van der Waals surface area contributed by atoms with Crippen molar-refractivity contribution in [2.75, 3.05) is 26.4 Å². The summed E-state index contributed by atoms with van der Waals surface area (Å²) in [5, 5.41) is 3.23. The second-order valence-corrected chi connectivity index (χ2v) is 4.53. The van der Waals surface area contributed by atoms with E-state index in [4.69, 9.17) is 14.2 Å². The molecule has 1 heterocycles. The maximum Gasteiger partial charge on any atom is 0.307 e. The molecule has 20 heavy (non-hydrogen) atoms. The Morgan fingerprint density at radius 2 is 2.20 bits per heavy atom. The van der Waals surface area contributed by atoms with Crippen LogP contribution < -0.4 is 14.8 Å². The molecule has 0 amide bonds. The molecule has 0 saturated heterocycles. The summed E-state index contributed by atoms with van der Waals surface area (Å²) in [5.74, 6) is 1.44. The first-order valence-electron chi connectivity index (χ1n) is 7.05. The number of nitrogens with one attached hydrogen (secondary N) is 1. The van der Waals surface area contributed by atoms with E-state index in [1.54, 1.807) is 0 Å². The quantitative estimate of drug-likeness (QED) is 0.636. The summed E-state index contributed by atoms with van der Waals surface area (Å²) in [5.41, 5.74) is 1.05. The molecule has 5 heteroatoms. The van der Waals surface area contributed by atoms with Crippen LogP contribution in [0, 0.1) is 0 Å². The SMILES string of the molecule is CCOC(=O)CCNCc1cccc2c1OCCCO2. The molecule has 0 aliphatic carbocycles. The summed E-state index contributed by atoms with van der Waals surface area (Å²) in [6.07, 6.45) is 1.27. The number of hydrogen-bond donors (Lipinski definition) is 1. The molecule has 110 valence electrons. The van der Waals surface area contributed by atoms with Crippen LogP contribution in [-0.4, -0.2) is 32.3 Å². The smallest absolute Gasteiger partial charge is 0.307 e. The fourth-order valence-electron chi connectivity index (χ4n) is 2.04. The van der Waals surface area contributed by atoms with Gasteiger partial charge in [-0.2, -0.15) is 0 Å². The van der Waals surface area contributed by atoms with Crippen LogP contribution in [0.15, 0.2) is 18.2 Å². The third-order valence-corrected chi connectivity index (χ3v) is 2.98. The van der Waals surface area contributed by atoms with Crippen LogP contribution in [0.3, 0.4) is 0 Å². The van der Waals surface area contributed by atoms with E-state index in [0.29, 0.717) is 39.3 Å². The average molecular weight is 279 g/mol. The van der Waals surface area contributed by atoms with E-state index >= 15 is 0 Å². The van der Waals surface area contributed by atoms with Crippen LogP contribution in [0.5, 0.6) is 11.5 Å². The predicted octanol–water partition coefficient (Wildman–Crippen LogP) is 1.89. The third-order valence-electron chi connectivity index (χ3n) is 2.98. The minimum absolute atomic E-state index is 0.175. The van der Waals surface area contributed by atoms with Crippen LogP contribution in [0.4, 0.5) is 0 Å². The van der Waals surface area contributed by atoms with E-state index in [1.807, 2.05) is 25.1 Å². The molecule has 2 rings (SSSR count). The normalized spacial score (nSPS) is 13.7. The van der Waals surface area contributed by atoms with Gasteiger partial charge in [0.05, 0.1) is 26.2 Å². The molecule has 0 saturated carbocycles. The number of ether oxygens (including phenoxy) is 3. The first-order chi connectivity index (χ1) is 9.81. The van der Waals surface area contributed by atoms with Crippen LogP contribution in [0.2, 0.25) is 0 Å². The lowest BCUT2D eigenvalue weighted by Gasteiger charge is -2.12. The Morgan fingerprint density at radius 3 is 3.05 bits per heavy atom.